The zero-order valence-corrected chi connectivity index (χ0v) is 28.5. The Hall–Kier alpha value is -5.18. The van der Waals surface area contributed by atoms with Crippen LogP contribution in [0.5, 0.6) is 0 Å². The molecule has 0 aliphatic rings. The van der Waals surface area contributed by atoms with Crippen molar-refractivity contribution in [2.45, 2.75) is 90.5 Å². The molecular formula is C34H45N3O12. The van der Waals surface area contributed by atoms with E-state index in [2.05, 4.69) is 10.6 Å². The summed E-state index contributed by atoms with van der Waals surface area (Å²) in [4.78, 5) is 77.2. The molecule has 0 aliphatic heterocycles. The topological polar surface area (TPSA) is 207 Å². The molecule has 0 bridgehead atoms. The van der Waals surface area contributed by atoms with Gasteiger partial charge >= 0.3 is 36.1 Å². The third kappa shape index (κ3) is 15.5. The molecule has 268 valence electrons. The molecule has 2 amide bonds. The molecule has 0 saturated heterocycles. The predicted octanol–water partition coefficient (Wildman–Crippen LogP) is 3.49. The number of hydrogen-bond donors (Lipinski definition) is 4. The second-order valence-corrected chi connectivity index (χ2v) is 12.9. The number of esters is 2. The van der Waals surface area contributed by atoms with Gasteiger partial charge in [0.2, 0.25) is 0 Å². The van der Waals surface area contributed by atoms with Crippen LogP contribution in [0.4, 0.5) is 9.59 Å². The number of aliphatic carboxylic acids is 2. The fraction of sp³-hybridized carbons (Fsp3) is 0.471. The maximum absolute atomic E-state index is 13.4. The molecule has 3 atom stereocenters. The normalized spacial score (nSPS) is 13.2. The van der Waals surface area contributed by atoms with Gasteiger partial charge < -0.3 is 39.8 Å². The second-order valence-electron chi connectivity index (χ2n) is 12.9. The fourth-order valence-corrected chi connectivity index (χ4v) is 4.17. The number of amides is 2. The van der Waals surface area contributed by atoms with Crippen molar-refractivity contribution >= 4 is 36.1 Å². The van der Waals surface area contributed by atoms with Crippen LogP contribution >= 0.6 is 0 Å². The summed E-state index contributed by atoms with van der Waals surface area (Å²) in [6.07, 6.45) is -2.92. The molecule has 15 nitrogen and oxygen atoms in total. The number of carboxylic acids is 2. The molecule has 0 heterocycles. The van der Waals surface area contributed by atoms with Gasteiger partial charge in [-0.2, -0.15) is 0 Å². The maximum atomic E-state index is 13.4. The highest BCUT2D eigenvalue weighted by molar-refractivity contribution is 5.85. The van der Waals surface area contributed by atoms with Crippen molar-refractivity contribution in [3.8, 4) is 0 Å². The van der Waals surface area contributed by atoms with E-state index in [1.807, 2.05) is 0 Å². The van der Waals surface area contributed by atoms with E-state index in [0.717, 1.165) is 0 Å². The summed E-state index contributed by atoms with van der Waals surface area (Å²) < 4.78 is 21.2. The van der Waals surface area contributed by atoms with Crippen molar-refractivity contribution in [3.05, 3.63) is 71.8 Å². The lowest BCUT2D eigenvalue weighted by molar-refractivity contribution is -0.165. The van der Waals surface area contributed by atoms with Crippen LogP contribution in [0.1, 0.15) is 59.1 Å². The van der Waals surface area contributed by atoms with Crippen molar-refractivity contribution in [3.63, 3.8) is 0 Å². The van der Waals surface area contributed by atoms with Crippen LogP contribution < -0.4 is 10.6 Å². The van der Waals surface area contributed by atoms with Gasteiger partial charge in [0.15, 0.2) is 0 Å². The van der Waals surface area contributed by atoms with Crippen LogP contribution in [0, 0.1) is 0 Å². The molecule has 15 heteroatoms. The van der Waals surface area contributed by atoms with Gasteiger partial charge in [-0.05, 0) is 52.7 Å². The fourth-order valence-electron chi connectivity index (χ4n) is 4.17. The third-order valence-corrected chi connectivity index (χ3v) is 6.32. The van der Waals surface area contributed by atoms with E-state index in [-0.39, 0.29) is 13.2 Å². The van der Waals surface area contributed by atoms with Gasteiger partial charge in [-0.25, -0.2) is 19.2 Å². The number of carbonyl (C=O) groups excluding carboxylic acids is 4. The number of hydrogen-bond acceptors (Lipinski definition) is 11. The molecule has 2 aromatic carbocycles. The van der Waals surface area contributed by atoms with Gasteiger partial charge in [-0.3, -0.25) is 14.5 Å². The number of benzene rings is 2. The first-order valence-electron chi connectivity index (χ1n) is 15.4. The number of rotatable bonds is 16. The summed E-state index contributed by atoms with van der Waals surface area (Å²) in [7, 11) is 0. The van der Waals surface area contributed by atoms with Crippen LogP contribution in [-0.4, -0.2) is 93.6 Å². The first-order valence-corrected chi connectivity index (χ1v) is 15.4. The standard InChI is InChI=1S/C34H45N3O12/c1-33(2,3)48-27(38)17-24(30(43)49-34(4,5)6)35-18-26(29(41)42)37(32(45)47-21-23-15-11-8-12-16-23)19-25(28(39)40)36-31(44)46-20-22-13-9-7-10-14-22/h7-16,24-26,35H,17-21H2,1-6H3,(H,36,44)(H,39,40)(H,41,42)/t24-,25-,26-/m0/s1. The smallest absolute Gasteiger partial charge is 0.410 e. The first kappa shape index (κ1) is 40.0. The van der Waals surface area contributed by atoms with Crippen LogP contribution in [0.2, 0.25) is 0 Å². The molecule has 0 aromatic heterocycles. The van der Waals surface area contributed by atoms with Gasteiger partial charge in [-0.1, -0.05) is 60.7 Å². The van der Waals surface area contributed by atoms with Crippen molar-refractivity contribution in [2.24, 2.45) is 0 Å². The monoisotopic (exact) mass is 687 g/mol. The molecule has 0 fully saturated rings. The Morgan fingerprint density at radius 2 is 1.22 bits per heavy atom. The molecule has 0 spiro atoms. The number of carbonyl (C=O) groups is 6. The van der Waals surface area contributed by atoms with E-state index in [9.17, 15) is 39.0 Å². The third-order valence-electron chi connectivity index (χ3n) is 6.32. The van der Waals surface area contributed by atoms with Crippen LogP contribution in [0.15, 0.2) is 60.7 Å². The van der Waals surface area contributed by atoms with Gasteiger partial charge in [0.1, 0.15) is 42.5 Å². The van der Waals surface area contributed by atoms with E-state index < -0.39 is 84.9 Å². The summed E-state index contributed by atoms with van der Waals surface area (Å²) in [5, 5.41) is 25.0. The van der Waals surface area contributed by atoms with Gasteiger partial charge in [-0.15, -0.1) is 0 Å². The molecule has 49 heavy (non-hydrogen) atoms. The average Bonchev–Trinajstić information content (AvgIpc) is 3.00. The van der Waals surface area contributed by atoms with Gasteiger partial charge in [0.25, 0.3) is 0 Å². The lowest BCUT2D eigenvalue weighted by Gasteiger charge is -2.32. The molecule has 0 aliphatic carbocycles. The molecule has 2 aromatic rings. The number of carboxylic acid groups (broad SMARTS) is 2. The number of nitrogens with zero attached hydrogens (tertiary/aromatic N) is 1. The van der Waals surface area contributed by atoms with E-state index in [4.69, 9.17) is 18.9 Å². The number of ether oxygens (including phenoxy) is 4. The predicted molar refractivity (Wildman–Crippen MR) is 174 cm³/mol. The minimum Gasteiger partial charge on any atom is -0.480 e. The SMILES string of the molecule is CC(C)(C)OC(=O)C[C@H](NC[C@@H](C(=O)O)N(C[C@H](NC(=O)OCc1ccccc1)C(=O)O)C(=O)OCc1ccccc1)C(=O)OC(C)(C)C. The summed E-state index contributed by atoms with van der Waals surface area (Å²) in [5.74, 6) is -4.90. The Bertz CT molecular complexity index is 1420. The second kappa shape index (κ2) is 18.4. The molecule has 0 radical (unpaired) electrons. The largest absolute Gasteiger partial charge is 0.480 e. The Labute approximate surface area is 284 Å². The molecule has 0 unspecified atom stereocenters. The Kier molecular flexibility index (Phi) is 15.0. The minimum absolute atomic E-state index is 0.187. The van der Waals surface area contributed by atoms with Crippen molar-refractivity contribution in [1.82, 2.24) is 15.5 Å². The minimum atomic E-state index is -1.86. The maximum Gasteiger partial charge on any atom is 0.410 e. The summed E-state index contributed by atoms with van der Waals surface area (Å²) >= 11 is 0. The summed E-state index contributed by atoms with van der Waals surface area (Å²) in [6, 6.07) is 11.9. The van der Waals surface area contributed by atoms with E-state index in [0.29, 0.717) is 16.0 Å². The highest BCUT2D eigenvalue weighted by atomic mass is 16.6. The van der Waals surface area contributed by atoms with Crippen LogP contribution in [-0.2, 0) is 51.3 Å². The molecule has 2 rings (SSSR count). The number of alkyl carbamates (subject to hydrolysis) is 1. The Morgan fingerprint density at radius 3 is 1.69 bits per heavy atom. The zero-order valence-electron chi connectivity index (χ0n) is 28.5. The van der Waals surface area contributed by atoms with E-state index in [1.54, 1.807) is 102 Å². The molecule has 0 saturated carbocycles. The van der Waals surface area contributed by atoms with Gasteiger partial charge in [0, 0.05) is 6.54 Å². The van der Waals surface area contributed by atoms with Gasteiger partial charge in [0.05, 0.1) is 13.0 Å². The average molecular weight is 688 g/mol. The van der Waals surface area contributed by atoms with Crippen molar-refractivity contribution < 1.29 is 57.9 Å². The van der Waals surface area contributed by atoms with Crippen molar-refractivity contribution in [1.29, 1.82) is 0 Å². The summed E-state index contributed by atoms with van der Waals surface area (Å²) in [5.41, 5.74) is -0.682. The Morgan fingerprint density at radius 1 is 0.714 bits per heavy atom. The lowest BCUT2D eigenvalue weighted by Crippen LogP contribution is -2.58. The zero-order chi connectivity index (χ0) is 36.8. The van der Waals surface area contributed by atoms with E-state index >= 15 is 0 Å². The van der Waals surface area contributed by atoms with Crippen LogP contribution in [0.3, 0.4) is 0 Å². The Balaban J connectivity index is 2.35. The quantitative estimate of drug-likeness (QED) is 0.147. The molecule has 4 N–H and O–H groups in total. The first-order chi connectivity index (χ1) is 22.8. The highest BCUT2D eigenvalue weighted by Gasteiger charge is 2.38. The molecular weight excluding hydrogens is 642 g/mol. The number of nitrogens with one attached hydrogen (secondary N) is 2. The highest BCUT2D eigenvalue weighted by Crippen LogP contribution is 2.15. The van der Waals surface area contributed by atoms with E-state index in [1.165, 1.54) is 0 Å². The van der Waals surface area contributed by atoms with Crippen LogP contribution in [0.25, 0.3) is 0 Å². The lowest BCUT2D eigenvalue weighted by atomic mass is 10.1. The van der Waals surface area contributed by atoms with Crippen molar-refractivity contribution in [2.75, 3.05) is 13.1 Å². The summed E-state index contributed by atoms with van der Waals surface area (Å²) in [6.45, 7) is 7.66.